The molecule has 3 rings (SSSR count). The maximum Gasteiger partial charge on any atom is 0.260 e. The number of nitrogens with two attached hydrogens (primary N) is 1. The number of hydrogen-bond acceptors (Lipinski definition) is 5. The Morgan fingerprint density at radius 2 is 2.32 bits per heavy atom. The lowest BCUT2D eigenvalue weighted by Crippen LogP contribution is -2.40. The van der Waals surface area contributed by atoms with E-state index in [9.17, 15) is 9.90 Å². The summed E-state index contributed by atoms with van der Waals surface area (Å²) in [6, 6.07) is 5.09. The summed E-state index contributed by atoms with van der Waals surface area (Å²) < 4.78 is 0. The average molecular weight is 260 g/mol. The van der Waals surface area contributed by atoms with Crippen LogP contribution in [0.5, 0.6) is 0 Å². The van der Waals surface area contributed by atoms with Crippen LogP contribution >= 0.6 is 0 Å². The van der Waals surface area contributed by atoms with Gasteiger partial charge in [0, 0.05) is 18.8 Å². The summed E-state index contributed by atoms with van der Waals surface area (Å²) in [7, 11) is 0. The summed E-state index contributed by atoms with van der Waals surface area (Å²) in [5.74, 6) is 0.515. The number of aliphatic hydroxyl groups excluding tert-OH is 1. The molecule has 1 atom stereocenters. The number of hydrogen-bond donors (Lipinski definition) is 3. The van der Waals surface area contributed by atoms with Crippen molar-refractivity contribution in [2.45, 2.75) is 18.9 Å². The maximum absolute atomic E-state index is 12.0. The van der Waals surface area contributed by atoms with Crippen LogP contribution in [-0.2, 0) is 0 Å². The first-order valence-electron chi connectivity index (χ1n) is 6.36. The number of anilines is 2. The Kier molecular flexibility index (Phi) is 2.87. The van der Waals surface area contributed by atoms with E-state index in [4.69, 9.17) is 5.73 Å². The van der Waals surface area contributed by atoms with Crippen LogP contribution in [0.1, 0.15) is 12.8 Å². The topological polar surface area (TPSA) is 95.2 Å². The molecule has 1 aliphatic rings. The van der Waals surface area contributed by atoms with Crippen molar-refractivity contribution in [3.8, 4) is 0 Å². The van der Waals surface area contributed by atoms with Gasteiger partial charge in [0.25, 0.3) is 5.56 Å². The molecule has 1 aliphatic heterocycles. The van der Waals surface area contributed by atoms with Gasteiger partial charge in [-0.3, -0.25) is 9.78 Å². The van der Waals surface area contributed by atoms with Crippen LogP contribution in [0.15, 0.2) is 23.0 Å². The molecule has 1 aromatic heterocycles. The smallest absolute Gasteiger partial charge is 0.260 e. The zero-order valence-electron chi connectivity index (χ0n) is 10.5. The number of aromatic amines is 1. The standard InChI is InChI=1S/C13H16N4O2/c14-8-3-4-11-10(6-8)12(19)16-13(15-11)17-5-1-2-9(18)7-17/h3-4,6,9,18H,1-2,5,7,14H2,(H,15,16,19). The first-order chi connectivity index (χ1) is 9.13. The summed E-state index contributed by atoms with van der Waals surface area (Å²) in [6.45, 7) is 1.30. The third-order valence-corrected chi connectivity index (χ3v) is 3.41. The Hall–Kier alpha value is -2.08. The van der Waals surface area contributed by atoms with Gasteiger partial charge in [-0.25, -0.2) is 4.98 Å². The van der Waals surface area contributed by atoms with E-state index in [1.165, 1.54) is 0 Å². The van der Waals surface area contributed by atoms with Crippen LogP contribution in [-0.4, -0.2) is 34.3 Å². The third kappa shape index (κ3) is 2.26. The highest BCUT2D eigenvalue weighted by atomic mass is 16.3. The predicted molar refractivity (Wildman–Crippen MR) is 74.2 cm³/mol. The number of piperidine rings is 1. The number of nitrogen functional groups attached to an aromatic ring is 1. The number of fused-ring (bicyclic) bond motifs is 1. The van der Waals surface area contributed by atoms with Crippen molar-refractivity contribution >= 4 is 22.5 Å². The van der Waals surface area contributed by atoms with Crippen LogP contribution in [0.25, 0.3) is 10.9 Å². The Morgan fingerprint density at radius 3 is 3.11 bits per heavy atom. The zero-order valence-corrected chi connectivity index (χ0v) is 10.5. The first kappa shape index (κ1) is 12.0. The molecule has 19 heavy (non-hydrogen) atoms. The van der Waals surface area contributed by atoms with Gasteiger partial charge in [-0.2, -0.15) is 0 Å². The number of benzene rings is 1. The van der Waals surface area contributed by atoms with Crippen molar-refractivity contribution < 1.29 is 5.11 Å². The second-order valence-corrected chi connectivity index (χ2v) is 4.91. The summed E-state index contributed by atoms with van der Waals surface area (Å²) >= 11 is 0. The number of rotatable bonds is 1. The van der Waals surface area contributed by atoms with Crippen molar-refractivity contribution in [1.82, 2.24) is 9.97 Å². The highest BCUT2D eigenvalue weighted by molar-refractivity contribution is 5.81. The molecule has 100 valence electrons. The number of H-pyrrole nitrogens is 1. The molecule has 0 aliphatic carbocycles. The number of aromatic nitrogens is 2. The molecule has 0 bridgehead atoms. The lowest BCUT2D eigenvalue weighted by atomic mass is 10.1. The van der Waals surface area contributed by atoms with Gasteiger partial charge in [0.15, 0.2) is 0 Å². The van der Waals surface area contributed by atoms with Gasteiger partial charge in [-0.05, 0) is 31.0 Å². The monoisotopic (exact) mass is 260 g/mol. The minimum absolute atomic E-state index is 0.202. The SMILES string of the molecule is Nc1ccc2nc(N3CCCC(O)C3)[nH]c(=O)c2c1. The summed E-state index contributed by atoms with van der Waals surface area (Å²) in [5, 5.41) is 10.2. The van der Waals surface area contributed by atoms with E-state index in [0.29, 0.717) is 29.1 Å². The van der Waals surface area contributed by atoms with Crippen molar-refractivity contribution in [3.63, 3.8) is 0 Å². The molecule has 1 fully saturated rings. The van der Waals surface area contributed by atoms with Crippen molar-refractivity contribution in [2.75, 3.05) is 23.7 Å². The van der Waals surface area contributed by atoms with E-state index in [1.807, 2.05) is 4.90 Å². The third-order valence-electron chi connectivity index (χ3n) is 3.41. The van der Waals surface area contributed by atoms with Crippen molar-refractivity contribution in [2.24, 2.45) is 0 Å². The maximum atomic E-state index is 12.0. The fraction of sp³-hybridized carbons (Fsp3) is 0.385. The van der Waals surface area contributed by atoms with Crippen LogP contribution < -0.4 is 16.2 Å². The van der Waals surface area contributed by atoms with Gasteiger partial charge in [-0.1, -0.05) is 0 Å². The molecule has 6 heteroatoms. The van der Waals surface area contributed by atoms with Crippen molar-refractivity contribution in [1.29, 1.82) is 0 Å². The summed E-state index contributed by atoms with van der Waals surface area (Å²) in [4.78, 5) is 21.1. The lowest BCUT2D eigenvalue weighted by molar-refractivity contribution is 0.153. The molecule has 1 unspecified atom stereocenters. The Bertz CT molecular complexity index is 667. The highest BCUT2D eigenvalue weighted by Gasteiger charge is 2.20. The number of β-amino-alcohol motifs (C(OH)–C–C–N with tert-alkyl or cyclic N) is 1. The normalized spacial score (nSPS) is 19.8. The zero-order chi connectivity index (χ0) is 13.4. The largest absolute Gasteiger partial charge is 0.399 e. The van der Waals surface area contributed by atoms with Crippen molar-refractivity contribution in [3.05, 3.63) is 28.6 Å². The minimum Gasteiger partial charge on any atom is -0.399 e. The molecule has 1 saturated heterocycles. The number of nitrogens with one attached hydrogen (secondary N) is 1. The molecule has 2 aromatic rings. The second-order valence-electron chi connectivity index (χ2n) is 4.91. The summed E-state index contributed by atoms with van der Waals surface area (Å²) in [5.41, 5.74) is 6.63. The van der Waals surface area contributed by atoms with Gasteiger partial charge in [0.05, 0.1) is 17.0 Å². The van der Waals surface area contributed by atoms with E-state index >= 15 is 0 Å². The molecule has 4 N–H and O–H groups in total. The van der Waals surface area contributed by atoms with Crippen LogP contribution in [0.3, 0.4) is 0 Å². The molecular weight excluding hydrogens is 244 g/mol. The molecular formula is C13H16N4O2. The number of nitrogens with zero attached hydrogens (tertiary/aromatic N) is 2. The first-order valence-corrected chi connectivity index (χ1v) is 6.36. The Labute approximate surface area is 109 Å². The fourth-order valence-corrected chi connectivity index (χ4v) is 2.44. The Morgan fingerprint density at radius 1 is 1.47 bits per heavy atom. The highest BCUT2D eigenvalue weighted by Crippen LogP contribution is 2.18. The van der Waals surface area contributed by atoms with Gasteiger partial charge in [-0.15, -0.1) is 0 Å². The van der Waals surface area contributed by atoms with E-state index < -0.39 is 0 Å². The molecule has 0 saturated carbocycles. The van der Waals surface area contributed by atoms with E-state index in [0.717, 1.165) is 19.4 Å². The molecule has 0 spiro atoms. The predicted octanol–water partition coefficient (Wildman–Crippen LogP) is 0.466. The molecule has 6 nitrogen and oxygen atoms in total. The van der Waals surface area contributed by atoms with Crippen LogP contribution in [0.4, 0.5) is 11.6 Å². The minimum atomic E-state index is -0.360. The lowest BCUT2D eigenvalue weighted by Gasteiger charge is -2.30. The van der Waals surface area contributed by atoms with E-state index in [-0.39, 0.29) is 11.7 Å². The van der Waals surface area contributed by atoms with E-state index in [2.05, 4.69) is 9.97 Å². The molecule has 2 heterocycles. The quantitative estimate of drug-likeness (QED) is 0.648. The second kappa shape index (κ2) is 4.55. The van der Waals surface area contributed by atoms with Gasteiger partial charge in [0.1, 0.15) is 0 Å². The van der Waals surface area contributed by atoms with Gasteiger partial charge < -0.3 is 15.7 Å². The Balaban J connectivity index is 2.06. The molecule has 0 radical (unpaired) electrons. The van der Waals surface area contributed by atoms with Gasteiger partial charge in [0.2, 0.25) is 5.95 Å². The molecule has 1 aromatic carbocycles. The van der Waals surface area contributed by atoms with E-state index in [1.54, 1.807) is 18.2 Å². The summed E-state index contributed by atoms with van der Waals surface area (Å²) in [6.07, 6.45) is 1.33. The average Bonchev–Trinajstić information content (AvgIpc) is 2.39. The molecule has 0 amide bonds. The van der Waals surface area contributed by atoms with Crippen LogP contribution in [0, 0.1) is 0 Å². The number of aliphatic hydroxyl groups is 1. The fourth-order valence-electron chi connectivity index (χ4n) is 2.44. The van der Waals surface area contributed by atoms with Gasteiger partial charge >= 0.3 is 0 Å². The van der Waals surface area contributed by atoms with Crippen LogP contribution in [0.2, 0.25) is 0 Å².